The third-order valence-electron chi connectivity index (χ3n) is 2.32. The highest BCUT2D eigenvalue weighted by atomic mass is 79.9. The van der Waals surface area contributed by atoms with Gasteiger partial charge in [0, 0.05) is 16.4 Å². The van der Waals surface area contributed by atoms with Gasteiger partial charge < -0.3 is 5.32 Å². The highest BCUT2D eigenvalue weighted by molar-refractivity contribution is 9.09. The molecule has 1 rings (SSSR count). The number of rotatable bonds is 5. The molecule has 2 nitrogen and oxygen atoms in total. The van der Waals surface area contributed by atoms with Crippen LogP contribution in [0.3, 0.4) is 0 Å². The molecule has 0 saturated heterocycles. The molecular formula is C12H14BrCl2NO. The maximum Gasteiger partial charge on any atom is 0.253 e. The van der Waals surface area contributed by atoms with E-state index in [9.17, 15) is 4.79 Å². The Kier molecular flexibility index (Phi) is 6.31. The molecule has 1 atom stereocenters. The van der Waals surface area contributed by atoms with Crippen molar-refractivity contribution in [2.45, 2.75) is 25.8 Å². The first kappa shape index (κ1) is 14.8. The third-order valence-corrected chi connectivity index (χ3v) is 3.43. The number of hydrogen-bond donors (Lipinski definition) is 1. The topological polar surface area (TPSA) is 29.1 Å². The normalized spacial score (nSPS) is 12.2. The summed E-state index contributed by atoms with van der Waals surface area (Å²) < 4.78 is 0. The predicted octanol–water partition coefficient (Wildman–Crippen LogP) is 4.29. The van der Waals surface area contributed by atoms with Gasteiger partial charge in [0.2, 0.25) is 0 Å². The summed E-state index contributed by atoms with van der Waals surface area (Å²) in [6.07, 6.45) is 1.96. The fraction of sp³-hybridized carbons (Fsp3) is 0.417. The number of carbonyl (C=O) groups is 1. The van der Waals surface area contributed by atoms with Crippen molar-refractivity contribution >= 4 is 45.0 Å². The maximum absolute atomic E-state index is 11.9. The lowest BCUT2D eigenvalue weighted by Gasteiger charge is -2.13. The molecule has 0 aliphatic heterocycles. The van der Waals surface area contributed by atoms with Crippen LogP contribution in [0.2, 0.25) is 10.0 Å². The molecule has 0 bridgehead atoms. The number of halogens is 3. The van der Waals surface area contributed by atoms with Gasteiger partial charge in [0.1, 0.15) is 0 Å². The van der Waals surface area contributed by atoms with E-state index in [0.717, 1.165) is 18.2 Å². The number of carbonyl (C=O) groups excluding carboxylic acids is 1. The molecular weight excluding hydrogens is 325 g/mol. The van der Waals surface area contributed by atoms with E-state index in [1.807, 2.05) is 6.92 Å². The molecule has 17 heavy (non-hydrogen) atoms. The number of amides is 1. The third kappa shape index (κ3) is 4.86. The van der Waals surface area contributed by atoms with Crippen molar-refractivity contribution in [1.29, 1.82) is 0 Å². The molecule has 0 spiro atoms. The van der Waals surface area contributed by atoms with E-state index in [2.05, 4.69) is 21.2 Å². The Hall–Kier alpha value is -0.250. The first-order valence-corrected chi connectivity index (χ1v) is 7.24. The van der Waals surface area contributed by atoms with E-state index < -0.39 is 0 Å². The van der Waals surface area contributed by atoms with Crippen LogP contribution in [0.4, 0.5) is 0 Å². The fourth-order valence-corrected chi connectivity index (χ4v) is 2.25. The Morgan fingerprint density at radius 2 is 2.18 bits per heavy atom. The van der Waals surface area contributed by atoms with Crippen molar-refractivity contribution in [1.82, 2.24) is 5.32 Å². The summed E-state index contributed by atoms with van der Waals surface area (Å²) in [6.45, 7) is 1.98. The highest BCUT2D eigenvalue weighted by Crippen LogP contribution is 2.21. The van der Waals surface area contributed by atoms with Crippen molar-refractivity contribution in [3.63, 3.8) is 0 Å². The van der Waals surface area contributed by atoms with E-state index in [1.165, 1.54) is 0 Å². The zero-order valence-electron chi connectivity index (χ0n) is 9.47. The summed E-state index contributed by atoms with van der Waals surface area (Å²) in [5.41, 5.74) is 0.460. The molecule has 0 radical (unpaired) electrons. The molecule has 1 aromatic carbocycles. The lowest BCUT2D eigenvalue weighted by molar-refractivity contribution is 0.0938. The second-order valence-electron chi connectivity index (χ2n) is 3.83. The van der Waals surface area contributed by atoms with E-state index in [4.69, 9.17) is 23.2 Å². The largest absolute Gasteiger partial charge is 0.350 e. The predicted molar refractivity (Wildman–Crippen MR) is 76.4 cm³/mol. The molecule has 0 heterocycles. The van der Waals surface area contributed by atoms with Crippen LogP contribution in [-0.4, -0.2) is 17.3 Å². The fourth-order valence-electron chi connectivity index (χ4n) is 1.43. The van der Waals surface area contributed by atoms with Crippen LogP contribution in [0.5, 0.6) is 0 Å². The molecule has 0 aliphatic carbocycles. The van der Waals surface area contributed by atoms with Gasteiger partial charge in [-0.1, -0.05) is 39.1 Å². The van der Waals surface area contributed by atoms with Crippen LogP contribution in [0, 0.1) is 0 Å². The van der Waals surface area contributed by atoms with Gasteiger partial charge in [0.15, 0.2) is 0 Å². The molecule has 0 aromatic heterocycles. The van der Waals surface area contributed by atoms with E-state index in [0.29, 0.717) is 15.6 Å². The molecule has 5 heteroatoms. The number of nitrogens with one attached hydrogen (secondary N) is 1. The number of benzene rings is 1. The summed E-state index contributed by atoms with van der Waals surface area (Å²) in [4.78, 5) is 11.9. The second-order valence-corrected chi connectivity index (χ2v) is 5.47. The Balaban J connectivity index is 2.63. The van der Waals surface area contributed by atoms with Gasteiger partial charge in [-0.2, -0.15) is 0 Å². The highest BCUT2D eigenvalue weighted by Gasteiger charge is 2.12. The van der Waals surface area contributed by atoms with Crippen molar-refractivity contribution in [2.75, 3.05) is 5.33 Å². The quantitative estimate of drug-likeness (QED) is 0.797. The van der Waals surface area contributed by atoms with Gasteiger partial charge in [0.25, 0.3) is 5.91 Å². The molecule has 1 aromatic rings. The number of alkyl halides is 1. The summed E-state index contributed by atoms with van der Waals surface area (Å²) in [6, 6.07) is 5.00. The molecule has 0 aliphatic rings. The molecule has 1 amide bonds. The van der Waals surface area contributed by atoms with Crippen LogP contribution < -0.4 is 5.32 Å². The van der Waals surface area contributed by atoms with Gasteiger partial charge in [-0.3, -0.25) is 4.79 Å². The summed E-state index contributed by atoms with van der Waals surface area (Å²) >= 11 is 15.1. The minimum atomic E-state index is -0.159. The van der Waals surface area contributed by atoms with E-state index >= 15 is 0 Å². The summed E-state index contributed by atoms with van der Waals surface area (Å²) in [5, 5.41) is 4.75. The monoisotopic (exact) mass is 337 g/mol. The first-order valence-electron chi connectivity index (χ1n) is 5.36. The lowest BCUT2D eigenvalue weighted by Crippen LogP contribution is -2.32. The van der Waals surface area contributed by atoms with Gasteiger partial charge in [-0.25, -0.2) is 0 Å². The SMILES string of the molecule is CC(CCCBr)NC(=O)c1ccc(Cl)cc1Cl. The van der Waals surface area contributed by atoms with Gasteiger partial charge in [-0.15, -0.1) is 0 Å². The van der Waals surface area contributed by atoms with Crippen molar-refractivity contribution in [3.8, 4) is 0 Å². The standard InChI is InChI=1S/C12H14BrCl2NO/c1-8(3-2-6-13)16-12(17)10-5-4-9(14)7-11(10)15/h4-5,7-8H,2-3,6H2,1H3,(H,16,17). The smallest absolute Gasteiger partial charge is 0.253 e. The second kappa shape index (κ2) is 7.24. The van der Waals surface area contributed by atoms with E-state index in [-0.39, 0.29) is 11.9 Å². The van der Waals surface area contributed by atoms with Crippen LogP contribution in [-0.2, 0) is 0 Å². The zero-order chi connectivity index (χ0) is 12.8. The van der Waals surface area contributed by atoms with Crippen molar-refractivity contribution in [2.24, 2.45) is 0 Å². The lowest BCUT2D eigenvalue weighted by atomic mass is 10.1. The average molecular weight is 339 g/mol. The Bertz CT molecular complexity index is 398. The average Bonchev–Trinajstić information content (AvgIpc) is 2.26. The first-order chi connectivity index (χ1) is 8.04. The minimum Gasteiger partial charge on any atom is -0.350 e. The van der Waals surface area contributed by atoms with Crippen LogP contribution in [0.25, 0.3) is 0 Å². The molecule has 0 fully saturated rings. The summed E-state index contributed by atoms with van der Waals surface area (Å²) in [7, 11) is 0. The van der Waals surface area contributed by atoms with Gasteiger partial charge >= 0.3 is 0 Å². The summed E-state index contributed by atoms with van der Waals surface area (Å²) in [5.74, 6) is -0.159. The molecule has 1 unspecified atom stereocenters. The van der Waals surface area contributed by atoms with Gasteiger partial charge in [-0.05, 0) is 38.0 Å². The van der Waals surface area contributed by atoms with Gasteiger partial charge in [0.05, 0.1) is 10.6 Å². The van der Waals surface area contributed by atoms with Crippen LogP contribution in [0.15, 0.2) is 18.2 Å². The Labute approximate surface area is 120 Å². The van der Waals surface area contributed by atoms with Crippen molar-refractivity contribution < 1.29 is 4.79 Å². The minimum absolute atomic E-state index is 0.131. The zero-order valence-corrected chi connectivity index (χ0v) is 12.6. The van der Waals surface area contributed by atoms with E-state index in [1.54, 1.807) is 18.2 Å². The molecule has 0 saturated carbocycles. The van der Waals surface area contributed by atoms with Crippen molar-refractivity contribution in [3.05, 3.63) is 33.8 Å². The number of hydrogen-bond acceptors (Lipinski definition) is 1. The Morgan fingerprint density at radius 3 is 2.76 bits per heavy atom. The molecule has 94 valence electrons. The van der Waals surface area contributed by atoms with Crippen LogP contribution in [0.1, 0.15) is 30.1 Å². The maximum atomic E-state index is 11.9. The molecule has 1 N–H and O–H groups in total. The Morgan fingerprint density at radius 1 is 1.47 bits per heavy atom. The van der Waals surface area contributed by atoms with Crippen LogP contribution >= 0.6 is 39.1 Å².